The maximum atomic E-state index is 12.4. The van der Waals surface area contributed by atoms with Crippen LogP contribution in [0.1, 0.15) is 30.5 Å². The van der Waals surface area contributed by atoms with Gasteiger partial charge in [-0.15, -0.1) is 0 Å². The lowest BCUT2D eigenvalue weighted by atomic mass is 10.0. The van der Waals surface area contributed by atoms with Crippen LogP contribution in [-0.2, 0) is 11.3 Å². The minimum atomic E-state index is 0.321. The van der Waals surface area contributed by atoms with E-state index in [1.807, 2.05) is 6.20 Å². The first-order valence-electron chi connectivity index (χ1n) is 11.1. The number of rotatable bonds is 5. The quantitative estimate of drug-likeness (QED) is 0.599. The van der Waals surface area contributed by atoms with Crippen LogP contribution in [0.25, 0.3) is 22.5 Å². The van der Waals surface area contributed by atoms with E-state index in [2.05, 4.69) is 71.8 Å². The summed E-state index contributed by atoms with van der Waals surface area (Å²) >= 11 is 0. The van der Waals surface area contributed by atoms with Crippen LogP contribution in [0.4, 0.5) is 0 Å². The zero-order valence-electron chi connectivity index (χ0n) is 17.8. The van der Waals surface area contributed by atoms with Crippen molar-refractivity contribution in [3.63, 3.8) is 0 Å². The van der Waals surface area contributed by atoms with Crippen LogP contribution in [0.3, 0.4) is 0 Å². The molecule has 1 atom stereocenters. The van der Waals surface area contributed by atoms with Crippen molar-refractivity contribution in [2.45, 2.75) is 39.7 Å². The number of amides is 1. The van der Waals surface area contributed by atoms with Gasteiger partial charge >= 0.3 is 0 Å². The van der Waals surface area contributed by atoms with E-state index < -0.39 is 0 Å². The summed E-state index contributed by atoms with van der Waals surface area (Å²) in [5, 5.41) is 0. The standard InChI is InChI=1S/C26H29N3O/c1-18-4-3-5-24(14-18)21-6-8-22(9-7-21)25-27-15-19(2)29(25)17-20-12-13-28(16-20)26(30)23-10-11-23/h3-9,14-15,20,23H,10-13,16-17H2,1-2H3. The number of nitrogens with zero attached hydrogens (tertiary/aromatic N) is 3. The van der Waals surface area contributed by atoms with Gasteiger partial charge in [0.2, 0.25) is 5.91 Å². The van der Waals surface area contributed by atoms with Gasteiger partial charge in [0.15, 0.2) is 0 Å². The topological polar surface area (TPSA) is 38.1 Å². The third kappa shape index (κ3) is 3.79. The van der Waals surface area contributed by atoms with Crippen LogP contribution in [0.5, 0.6) is 0 Å². The molecule has 1 amide bonds. The Bertz CT molecular complexity index is 1060. The largest absolute Gasteiger partial charge is 0.342 e. The highest BCUT2D eigenvalue weighted by molar-refractivity contribution is 5.81. The van der Waals surface area contributed by atoms with E-state index in [-0.39, 0.29) is 0 Å². The molecule has 2 heterocycles. The van der Waals surface area contributed by atoms with Gasteiger partial charge in [0.05, 0.1) is 0 Å². The van der Waals surface area contributed by atoms with Gasteiger partial charge in [0, 0.05) is 43.0 Å². The molecule has 2 aromatic carbocycles. The van der Waals surface area contributed by atoms with E-state index in [1.165, 1.54) is 22.4 Å². The second-order valence-corrected chi connectivity index (χ2v) is 8.99. The molecule has 1 saturated heterocycles. The molecule has 154 valence electrons. The number of hydrogen-bond acceptors (Lipinski definition) is 2. The molecule has 4 heteroatoms. The number of benzene rings is 2. The predicted octanol–water partition coefficient (Wildman–Crippen LogP) is 5.09. The summed E-state index contributed by atoms with van der Waals surface area (Å²) in [7, 11) is 0. The number of carbonyl (C=O) groups is 1. The molecule has 2 fully saturated rings. The van der Waals surface area contributed by atoms with Crippen LogP contribution >= 0.6 is 0 Å². The number of likely N-dealkylation sites (tertiary alicyclic amines) is 1. The number of carbonyl (C=O) groups excluding carboxylic acids is 1. The van der Waals surface area contributed by atoms with E-state index in [4.69, 9.17) is 4.98 Å². The molecule has 4 nitrogen and oxygen atoms in total. The highest BCUT2D eigenvalue weighted by Crippen LogP contribution is 2.33. The zero-order valence-corrected chi connectivity index (χ0v) is 17.8. The number of aryl methyl sites for hydroxylation is 2. The second kappa shape index (κ2) is 7.75. The Morgan fingerprint density at radius 3 is 2.50 bits per heavy atom. The van der Waals surface area contributed by atoms with Gasteiger partial charge in [-0.05, 0) is 50.2 Å². The van der Waals surface area contributed by atoms with Crippen molar-refractivity contribution in [2.75, 3.05) is 13.1 Å². The van der Waals surface area contributed by atoms with Gasteiger partial charge in [-0.3, -0.25) is 4.79 Å². The number of imidazole rings is 1. The molecule has 1 aliphatic heterocycles. The maximum Gasteiger partial charge on any atom is 0.225 e. The highest BCUT2D eigenvalue weighted by Gasteiger charge is 2.36. The molecule has 1 saturated carbocycles. The predicted molar refractivity (Wildman–Crippen MR) is 120 cm³/mol. The van der Waals surface area contributed by atoms with Gasteiger partial charge < -0.3 is 9.47 Å². The molecule has 0 bridgehead atoms. The summed E-state index contributed by atoms with van der Waals surface area (Å²) in [6.07, 6.45) is 5.22. The van der Waals surface area contributed by atoms with Crippen molar-refractivity contribution >= 4 is 5.91 Å². The molecule has 1 aliphatic carbocycles. The molecule has 0 radical (unpaired) electrons. The molecule has 2 aliphatic rings. The van der Waals surface area contributed by atoms with Crippen molar-refractivity contribution < 1.29 is 4.79 Å². The van der Waals surface area contributed by atoms with Gasteiger partial charge in [-0.1, -0.05) is 54.1 Å². The fourth-order valence-electron chi connectivity index (χ4n) is 4.59. The van der Waals surface area contributed by atoms with Crippen LogP contribution < -0.4 is 0 Å². The van der Waals surface area contributed by atoms with Gasteiger partial charge in [-0.2, -0.15) is 0 Å². The first kappa shape index (κ1) is 19.1. The Kier molecular flexibility index (Phi) is 4.93. The summed E-state index contributed by atoms with van der Waals surface area (Å²) in [5.74, 6) is 2.23. The molecule has 5 rings (SSSR count). The third-order valence-corrected chi connectivity index (χ3v) is 6.51. The smallest absolute Gasteiger partial charge is 0.225 e. The lowest BCUT2D eigenvalue weighted by Gasteiger charge is -2.18. The van der Waals surface area contributed by atoms with Gasteiger partial charge in [-0.25, -0.2) is 4.98 Å². The van der Waals surface area contributed by atoms with Crippen LogP contribution in [-0.4, -0.2) is 33.4 Å². The molecule has 0 N–H and O–H groups in total. The summed E-state index contributed by atoms with van der Waals surface area (Å²) in [6, 6.07) is 17.3. The Morgan fingerprint density at radius 1 is 1.00 bits per heavy atom. The first-order chi connectivity index (χ1) is 14.6. The first-order valence-corrected chi connectivity index (χ1v) is 11.1. The average molecular weight is 400 g/mol. The van der Waals surface area contributed by atoms with Gasteiger partial charge in [0.1, 0.15) is 5.82 Å². The molecule has 3 aromatic rings. The molecule has 1 unspecified atom stereocenters. The van der Waals surface area contributed by atoms with Crippen LogP contribution in [0, 0.1) is 25.7 Å². The molecule has 1 aromatic heterocycles. The number of hydrogen-bond donors (Lipinski definition) is 0. The van der Waals surface area contributed by atoms with Gasteiger partial charge in [0.25, 0.3) is 0 Å². The fraction of sp³-hybridized carbons (Fsp3) is 0.385. The van der Waals surface area contributed by atoms with E-state index in [9.17, 15) is 4.79 Å². The van der Waals surface area contributed by atoms with Crippen molar-refractivity contribution in [2.24, 2.45) is 11.8 Å². The van der Waals surface area contributed by atoms with Crippen LogP contribution in [0.2, 0.25) is 0 Å². The van der Waals surface area contributed by atoms with E-state index in [1.54, 1.807) is 0 Å². The monoisotopic (exact) mass is 399 g/mol. The minimum absolute atomic E-state index is 0.321. The van der Waals surface area contributed by atoms with Crippen molar-refractivity contribution in [3.05, 3.63) is 66.0 Å². The minimum Gasteiger partial charge on any atom is -0.342 e. The Labute approximate surface area is 178 Å². The van der Waals surface area contributed by atoms with Crippen molar-refractivity contribution in [1.82, 2.24) is 14.5 Å². The molecule has 0 spiro atoms. The summed E-state index contributed by atoms with van der Waals surface area (Å²) in [5.41, 5.74) is 6.06. The third-order valence-electron chi connectivity index (χ3n) is 6.51. The van der Waals surface area contributed by atoms with E-state index >= 15 is 0 Å². The summed E-state index contributed by atoms with van der Waals surface area (Å²) in [4.78, 5) is 19.2. The fourth-order valence-corrected chi connectivity index (χ4v) is 4.59. The zero-order chi connectivity index (χ0) is 20.7. The van der Waals surface area contributed by atoms with E-state index in [0.29, 0.717) is 17.7 Å². The van der Waals surface area contributed by atoms with Crippen molar-refractivity contribution in [1.29, 1.82) is 0 Å². The lowest BCUT2D eigenvalue weighted by Crippen LogP contribution is -2.30. The molecule has 30 heavy (non-hydrogen) atoms. The summed E-state index contributed by atoms with van der Waals surface area (Å²) in [6.45, 7) is 6.97. The average Bonchev–Trinajstić information content (AvgIpc) is 3.40. The maximum absolute atomic E-state index is 12.4. The molecular weight excluding hydrogens is 370 g/mol. The lowest BCUT2D eigenvalue weighted by molar-refractivity contribution is -0.131. The molecular formula is C26H29N3O. The van der Waals surface area contributed by atoms with Crippen molar-refractivity contribution in [3.8, 4) is 22.5 Å². The highest BCUT2D eigenvalue weighted by atomic mass is 16.2. The Hall–Kier alpha value is -2.88. The van der Waals surface area contributed by atoms with E-state index in [0.717, 1.165) is 50.3 Å². The Morgan fingerprint density at radius 2 is 1.77 bits per heavy atom. The number of aromatic nitrogens is 2. The van der Waals surface area contributed by atoms with Crippen LogP contribution in [0.15, 0.2) is 54.7 Å². The SMILES string of the molecule is Cc1cccc(-c2ccc(-c3ncc(C)n3CC3CCN(C(=O)C4CC4)C3)cc2)c1. The Balaban J connectivity index is 1.33. The normalized spacial score (nSPS) is 18.7. The summed E-state index contributed by atoms with van der Waals surface area (Å²) < 4.78 is 2.33. The second-order valence-electron chi connectivity index (χ2n) is 8.99.